The number of benzene rings is 1. The maximum Gasteiger partial charge on any atom is 0.128 e. The first-order valence-electron chi connectivity index (χ1n) is 4.94. The maximum absolute atomic E-state index is 13.5. The standard InChI is InChI=1S/C11H14FNO/c12-9-3-1-2-8-4-6-13-10(5-7-14)11(8)9/h1-3,10,13-14H,4-7H2. The molecule has 1 heterocycles. The molecule has 3 heteroatoms. The van der Waals surface area contributed by atoms with Crippen molar-refractivity contribution in [3.8, 4) is 0 Å². The van der Waals surface area contributed by atoms with Gasteiger partial charge in [-0.3, -0.25) is 0 Å². The van der Waals surface area contributed by atoms with Crippen molar-refractivity contribution < 1.29 is 9.50 Å². The van der Waals surface area contributed by atoms with Crippen LogP contribution in [0.5, 0.6) is 0 Å². The van der Waals surface area contributed by atoms with Gasteiger partial charge in [0.25, 0.3) is 0 Å². The van der Waals surface area contributed by atoms with Crippen LogP contribution in [0.15, 0.2) is 18.2 Å². The predicted molar refractivity (Wildman–Crippen MR) is 52.6 cm³/mol. The molecule has 76 valence electrons. The monoisotopic (exact) mass is 195 g/mol. The fourth-order valence-corrected chi connectivity index (χ4v) is 2.05. The van der Waals surface area contributed by atoms with Crippen LogP contribution < -0.4 is 5.32 Å². The van der Waals surface area contributed by atoms with E-state index in [-0.39, 0.29) is 18.5 Å². The number of nitrogens with one attached hydrogen (secondary N) is 1. The first-order valence-corrected chi connectivity index (χ1v) is 4.94. The minimum Gasteiger partial charge on any atom is -0.396 e. The number of hydrogen-bond acceptors (Lipinski definition) is 2. The van der Waals surface area contributed by atoms with Gasteiger partial charge >= 0.3 is 0 Å². The Bertz CT molecular complexity index is 327. The Labute approximate surface area is 82.8 Å². The third kappa shape index (κ3) is 1.65. The molecular weight excluding hydrogens is 181 g/mol. The first kappa shape index (κ1) is 9.62. The van der Waals surface area contributed by atoms with Crippen LogP contribution in [0, 0.1) is 5.82 Å². The average molecular weight is 195 g/mol. The molecule has 1 aliphatic heterocycles. The number of fused-ring (bicyclic) bond motifs is 1. The molecule has 1 aliphatic rings. The minimum absolute atomic E-state index is 0.0232. The summed E-state index contributed by atoms with van der Waals surface area (Å²) in [6, 6.07) is 5.17. The van der Waals surface area contributed by atoms with Gasteiger partial charge in [0.2, 0.25) is 0 Å². The summed E-state index contributed by atoms with van der Waals surface area (Å²) < 4.78 is 13.5. The van der Waals surface area contributed by atoms with E-state index in [0.29, 0.717) is 6.42 Å². The predicted octanol–water partition coefficient (Wildman–Crippen LogP) is 1.39. The first-order chi connectivity index (χ1) is 6.83. The van der Waals surface area contributed by atoms with Crippen LogP contribution in [0.25, 0.3) is 0 Å². The van der Waals surface area contributed by atoms with Crippen molar-refractivity contribution in [3.63, 3.8) is 0 Å². The van der Waals surface area contributed by atoms with Gasteiger partial charge in [0.15, 0.2) is 0 Å². The van der Waals surface area contributed by atoms with Crippen LogP contribution in [0.3, 0.4) is 0 Å². The second-order valence-electron chi connectivity index (χ2n) is 3.58. The fourth-order valence-electron chi connectivity index (χ4n) is 2.05. The van der Waals surface area contributed by atoms with Crippen molar-refractivity contribution in [2.24, 2.45) is 0 Å². The summed E-state index contributed by atoms with van der Waals surface area (Å²) in [5.74, 6) is -0.159. The molecule has 2 rings (SSSR count). The zero-order valence-electron chi connectivity index (χ0n) is 7.96. The Balaban J connectivity index is 2.36. The minimum atomic E-state index is -0.159. The van der Waals surface area contributed by atoms with E-state index in [1.54, 1.807) is 6.07 Å². The second kappa shape index (κ2) is 4.07. The van der Waals surface area contributed by atoms with Gasteiger partial charge < -0.3 is 10.4 Å². The molecule has 2 N–H and O–H groups in total. The summed E-state index contributed by atoms with van der Waals surface area (Å²) >= 11 is 0. The SMILES string of the molecule is OCCC1NCCc2cccc(F)c21. The highest BCUT2D eigenvalue weighted by Gasteiger charge is 2.21. The van der Waals surface area contributed by atoms with E-state index in [1.165, 1.54) is 6.07 Å². The van der Waals surface area contributed by atoms with Crippen molar-refractivity contribution in [2.45, 2.75) is 18.9 Å². The van der Waals surface area contributed by atoms with Crippen molar-refractivity contribution >= 4 is 0 Å². The van der Waals surface area contributed by atoms with Crippen molar-refractivity contribution in [1.82, 2.24) is 5.32 Å². The molecule has 0 aliphatic carbocycles. The van der Waals surface area contributed by atoms with E-state index in [1.807, 2.05) is 6.07 Å². The van der Waals surface area contributed by atoms with Crippen molar-refractivity contribution in [3.05, 3.63) is 35.1 Å². The molecule has 0 spiro atoms. The number of hydrogen-bond donors (Lipinski definition) is 2. The van der Waals surface area contributed by atoms with E-state index in [0.717, 1.165) is 24.1 Å². The fraction of sp³-hybridized carbons (Fsp3) is 0.455. The lowest BCUT2D eigenvalue weighted by Gasteiger charge is -2.26. The molecule has 0 bridgehead atoms. The highest BCUT2D eigenvalue weighted by atomic mass is 19.1. The molecule has 1 aromatic rings. The summed E-state index contributed by atoms with van der Waals surface area (Å²) in [4.78, 5) is 0. The largest absolute Gasteiger partial charge is 0.396 e. The number of aliphatic hydroxyl groups is 1. The molecule has 0 saturated heterocycles. The van der Waals surface area contributed by atoms with Crippen LogP contribution in [-0.2, 0) is 6.42 Å². The van der Waals surface area contributed by atoms with Gasteiger partial charge in [0, 0.05) is 18.2 Å². The molecule has 0 aromatic heterocycles. The lowest BCUT2D eigenvalue weighted by molar-refractivity contribution is 0.261. The summed E-state index contributed by atoms with van der Waals surface area (Å²) in [6.07, 6.45) is 1.45. The Morgan fingerprint density at radius 3 is 3.14 bits per heavy atom. The lowest BCUT2D eigenvalue weighted by atomic mass is 9.92. The van der Waals surface area contributed by atoms with Gasteiger partial charge in [-0.15, -0.1) is 0 Å². The summed E-state index contributed by atoms with van der Waals surface area (Å²) in [6.45, 7) is 0.951. The van der Waals surface area contributed by atoms with Gasteiger partial charge in [-0.05, 0) is 31.0 Å². The number of aliphatic hydroxyl groups excluding tert-OH is 1. The van der Waals surface area contributed by atoms with Crippen LogP contribution >= 0.6 is 0 Å². The van der Waals surface area contributed by atoms with E-state index >= 15 is 0 Å². The van der Waals surface area contributed by atoms with Crippen LogP contribution in [-0.4, -0.2) is 18.3 Å². The molecule has 1 atom stereocenters. The Kier molecular flexibility index (Phi) is 2.79. The quantitative estimate of drug-likeness (QED) is 0.747. The summed E-state index contributed by atoms with van der Waals surface area (Å²) in [5, 5.41) is 12.1. The van der Waals surface area contributed by atoms with E-state index in [9.17, 15) is 4.39 Å². The number of halogens is 1. The molecule has 0 radical (unpaired) electrons. The molecule has 0 fully saturated rings. The van der Waals surface area contributed by atoms with Crippen LogP contribution in [0.4, 0.5) is 4.39 Å². The van der Waals surface area contributed by atoms with Gasteiger partial charge in [0.1, 0.15) is 5.82 Å². The Morgan fingerprint density at radius 2 is 2.36 bits per heavy atom. The number of rotatable bonds is 2. The highest BCUT2D eigenvalue weighted by molar-refractivity contribution is 5.33. The third-order valence-electron chi connectivity index (χ3n) is 2.69. The van der Waals surface area contributed by atoms with Gasteiger partial charge in [-0.2, -0.15) is 0 Å². The van der Waals surface area contributed by atoms with Crippen molar-refractivity contribution in [1.29, 1.82) is 0 Å². The van der Waals surface area contributed by atoms with E-state index < -0.39 is 0 Å². The average Bonchev–Trinajstić information content (AvgIpc) is 2.19. The Morgan fingerprint density at radius 1 is 1.50 bits per heavy atom. The van der Waals surface area contributed by atoms with Gasteiger partial charge in [-0.1, -0.05) is 12.1 Å². The lowest BCUT2D eigenvalue weighted by Crippen LogP contribution is -2.31. The smallest absolute Gasteiger partial charge is 0.128 e. The summed E-state index contributed by atoms with van der Waals surface area (Å²) in [7, 11) is 0. The molecule has 1 unspecified atom stereocenters. The van der Waals surface area contributed by atoms with E-state index in [2.05, 4.69) is 5.32 Å². The molecule has 0 saturated carbocycles. The van der Waals surface area contributed by atoms with Crippen LogP contribution in [0.2, 0.25) is 0 Å². The normalized spacial score (nSPS) is 20.6. The van der Waals surface area contributed by atoms with Crippen molar-refractivity contribution in [2.75, 3.05) is 13.2 Å². The van der Waals surface area contributed by atoms with Gasteiger partial charge in [0.05, 0.1) is 0 Å². The molecule has 1 aromatic carbocycles. The van der Waals surface area contributed by atoms with Gasteiger partial charge in [-0.25, -0.2) is 4.39 Å². The Hall–Kier alpha value is -0.930. The molecule has 0 amide bonds. The molecule has 14 heavy (non-hydrogen) atoms. The zero-order chi connectivity index (χ0) is 9.97. The second-order valence-corrected chi connectivity index (χ2v) is 3.58. The maximum atomic E-state index is 13.5. The van der Waals surface area contributed by atoms with E-state index in [4.69, 9.17) is 5.11 Å². The highest BCUT2D eigenvalue weighted by Crippen LogP contribution is 2.27. The summed E-state index contributed by atoms with van der Waals surface area (Å²) in [5.41, 5.74) is 1.81. The third-order valence-corrected chi connectivity index (χ3v) is 2.69. The zero-order valence-corrected chi connectivity index (χ0v) is 7.96. The topological polar surface area (TPSA) is 32.3 Å². The van der Waals surface area contributed by atoms with Crippen LogP contribution in [0.1, 0.15) is 23.6 Å². The molecular formula is C11H14FNO. The molecule has 2 nitrogen and oxygen atoms in total.